The fraction of sp³-hybridized carbons (Fsp3) is 0.316. The number of amides is 1. The van der Waals surface area contributed by atoms with Gasteiger partial charge in [-0.1, -0.05) is 24.3 Å². The predicted octanol–water partition coefficient (Wildman–Crippen LogP) is 2.34. The van der Waals surface area contributed by atoms with Gasteiger partial charge in [0, 0.05) is 25.3 Å². The van der Waals surface area contributed by atoms with Gasteiger partial charge in [0.25, 0.3) is 5.91 Å². The Balaban J connectivity index is 1.75. The molecule has 1 fully saturated rings. The molecule has 1 aliphatic carbocycles. The Hall–Kier alpha value is -2.29. The Kier molecular flexibility index (Phi) is 5.88. The molecule has 0 radical (unpaired) electrons. The molecule has 1 amide bonds. The summed E-state index contributed by atoms with van der Waals surface area (Å²) in [5.74, 6) is -1.37. The van der Waals surface area contributed by atoms with Crippen LogP contribution in [0, 0.1) is 5.82 Å². The van der Waals surface area contributed by atoms with Crippen LogP contribution in [0.1, 0.15) is 34.3 Å². The second-order valence-corrected chi connectivity index (χ2v) is 8.11. The van der Waals surface area contributed by atoms with Crippen LogP contribution in [-0.2, 0) is 27.9 Å². The molecule has 3 rings (SSSR count). The summed E-state index contributed by atoms with van der Waals surface area (Å²) in [7, 11) is -2.40. The van der Waals surface area contributed by atoms with Crippen LogP contribution in [-0.4, -0.2) is 27.5 Å². The summed E-state index contributed by atoms with van der Waals surface area (Å²) in [6, 6.07) is 10.7. The number of halogens is 1. The highest BCUT2D eigenvalue weighted by atomic mass is 32.2. The normalized spacial score (nSPS) is 14.1. The topological polar surface area (TPSA) is 84.5 Å². The van der Waals surface area contributed by atoms with Crippen molar-refractivity contribution in [2.45, 2.75) is 36.9 Å². The third-order valence-electron chi connectivity index (χ3n) is 4.24. The molecule has 2 aromatic carbocycles. The van der Waals surface area contributed by atoms with E-state index in [1.165, 1.54) is 6.07 Å². The fourth-order valence-corrected chi connectivity index (χ4v) is 4.05. The van der Waals surface area contributed by atoms with Gasteiger partial charge in [-0.25, -0.2) is 17.5 Å². The SMILES string of the molecule is COCc1ccccc1CNC(=O)c1ccc(F)c(S(=O)(=O)NC2CC2)c1. The van der Waals surface area contributed by atoms with E-state index in [2.05, 4.69) is 10.0 Å². The van der Waals surface area contributed by atoms with Gasteiger partial charge >= 0.3 is 0 Å². The van der Waals surface area contributed by atoms with Gasteiger partial charge in [-0.15, -0.1) is 0 Å². The van der Waals surface area contributed by atoms with Crippen LogP contribution in [0.25, 0.3) is 0 Å². The number of carbonyl (C=O) groups excluding carboxylic acids is 1. The molecule has 27 heavy (non-hydrogen) atoms. The lowest BCUT2D eigenvalue weighted by atomic mass is 10.1. The molecule has 8 heteroatoms. The minimum atomic E-state index is -3.99. The maximum absolute atomic E-state index is 14.0. The van der Waals surface area contributed by atoms with Crippen molar-refractivity contribution in [2.24, 2.45) is 0 Å². The number of methoxy groups -OCH3 is 1. The molecule has 0 bridgehead atoms. The fourth-order valence-electron chi connectivity index (χ4n) is 2.64. The van der Waals surface area contributed by atoms with Crippen LogP contribution in [0.3, 0.4) is 0 Å². The van der Waals surface area contributed by atoms with Crippen molar-refractivity contribution in [2.75, 3.05) is 7.11 Å². The molecule has 0 saturated heterocycles. The highest BCUT2D eigenvalue weighted by Gasteiger charge is 2.30. The van der Waals surface area contributed by atoms with Crippen LogP contribution in [0.15, 0.2) is 47.4 Å². The summed E-state index contributed by atoms with van der Waals surface area (Å²) in [6.45, 7) is 0.663. The Labute approximate surface area is 157 Å². The summed E-state index contributed by atoms with van der Waals surface area (Å²) in [5.41, 5.74) is 1.91. The van der Waals surface area contributed by atoms with Gasteiger partial charge in [-0.05, 0) is 42.2 Å². The molecule has 0 atom stereocenters. The molecule has 6 nitrogen and oxygen atoms in total. The van der Waals surface area contributed by atoms with E-state index in [4.69, 9.17) is 4.74 Å². The average molecular weight is 392 g/mol. The Morgan fingerprint density at radius 3 is 2.56 bits per heavy atom. The lowest BCUT2D eigenvalue weighted by molar-refractivity contribution is 0.0950. The van der Waals surface area contributed by atoms with E-state index >= 15 is 0 Å². The molecule has 0 spiro atoms. The van der Waals surface area contributed by atoms with Crippen molar-refractivity contribution in [3.63, 3.8) is 0 Å². The second kappa shape index (κ2) is 8.16. The predicted molar refractivity (Wildman–Crippen MR) is 98.1 cm³/mol. The van der Waals surface area contributed by atoms with Gasteiger partial charge in [-0.3, -0.25) is 4.79 Å². The molecular weight excluding hydrogens is 371 g/mol. The van der Waals surface area contributed by atoms with Crippen LogP contribution in [0.5, 0.6) is 0 Å². The molecular formula is C19H21FN2O4S. The van der Waals surface area contributed by atoms with E-state index in [-0.39, 0.29) is 18.2 Å². The van der Waals surface area contributed by atoms with Gasteiger partial charge in [0.05, 0.1) is 6.61 Å². The van der Waals surface area contributed by atoms with Crippen LogP contribution >= 0.6 is 0 Å². The zero-order valence-electron chi connectivity index (χ0n) is 14.9. The number of nitrogens with one attached hydrogen (secondary N) is 2. The first-order valence-electron chi connectivity index (χ1n) is 8.56. The third-order valence-corrected chi connectivity index (χ3v) is 5.78. The summed E-state index contributed by atoms with van der Waals surface area (Å²) in [5, 5.41) is 2.73. The minimum Gasteiger partial charge on any atom is -0.380 e. The van der Waals surface area contributed by atoms with E-state index in [1.807, 2.05) is 24.3 Å². The summed E-state index contributed by atoms with van der Waals surface area (Å²) < 4.78 is 46.1. The van der Waals surface area contributed by atoms with Gasteiger partial charge in [0.2, 0.25) is 10.0 Å². The van der Waals surface area contributed by atoms with Crippen molar-refractivity contribution >= 4 is 15.9 Å². The Bertz CT molecular complexity index is 942. The van der Waals surface area contributed by atoms with Gasteiger partial charge in [-0.2, -0.15) is 0 Å². The number of rotatable bonds is 8. The van der Waals surface area contributed by atoms with E-state index in [0.29, 0.717) is 6.61 Å². The third kappa shape index (κ3) is 4.91. The molecule has 2 aromatic rings. The molecule has 1 saturated carbocycles. The van der Waals surface area contributed by atoms with Crippen molar-refractivity contribution < 1.29 is 22.3 Å². The van der Waals surface area contributed by atoms with E-state index < -0.39 is 26.6 Å². The lowest BCUT2D eigenvalue weighted by Gasteiger charge is -2.11. The first kappa shape index (κ1) is 19.5. The standard InChI is InChI=1S/C19H21FN2O4S/c1-26-12-15-5-3-2-4-14(15)11-21-19(23)13-6-9-17(20)18(10-13)27(24,25)22-16-7-8-16/h2-6,9-10,16,22H,7-8,11-12H2,1H3,(H,21,23). The second-order valence-electron chi connectivity index (χ2n) is 6.43. The lowest BCUT2D eigenvalue weighted by Crippen LogP contribution is -2.28. The quantitative estimate of drug-likeness (QED) is 0.722. The maximum Gasteiger partial charge on any atom is 0.251 e. The molecule has 0 heterocycles. The maximum atomic E-state index is 14.0. The zero-order valence-corrected chi connectivity index (χ0v) is 15.7. The van der Waals surface area contributed by atoms with Crippen molar-refractivity contribution in [3.8, 4) is 0 Å². The average Bonchev–Trinajstić information content (AvgIpc) is 3.44. The summed E-state index contributed by atoms with van der Waals surface area (Å²) in [6.07, 6.45) is 1.48. The van der Waals surface area contributed by atoms with Gasteiger partial charge in [0.15, 0.2) is 0 Å². The molecule has 0 aromatic heterocycles. The molecule has 0 aliphatic heterocycles. The van der Waals surface area contributed by atoms with Crippen LogP contribution in [0.4, 0.5) is 4.39 Å². The summed E-state index contributed by atoms with van der Waals surface area (Å²) in [4.78, 5) is 11.9. The van der Waals surface area contributed by atoms with Crippen molar-refractivity contribution in [1.29, 1.82) is 0 Å². The van der Waals surface area contributed by atoms with Crippen molar-refractivity contribution in [1.82, 2.24) is 10.0 Å². The van der Waals surface area contributed by atoms with E-state index in [1.54, 1.807) is 7.11 Å². The molecule has 2 N–H and O–H groups in total. The Morgan fingerprint density at radius 2 is 1.89 bits per heavy atom. The van der Waals surface area contributed by atoms with Gasteiger partial charge < -0.3 is 10.1 Å². The number of hydrogen-bond donors (Lipinski definition) is 2. The van der Waals surface area contributed by atoms with Crippen molar-refractivity contribution in [3.05, 3.63) is 65.0 Å². The van der Waals surface area contributed by atoms with E-state index in [9.17, 15) is 17.6 Å². The molecule has 0 unspecified atom stereocenters. The number of benzene rings is 2. The zero-order chi connectivity index (χ0) is 19.4. The monoisotopic (exact) mass is 392 g/mol. The number of ether oxygens (including phenoxy) is 1. The summed E-state index contributed by atoms with van der Waals surface area (Å²) >= 11 is 0. The number of carbonyl (C=O) groups is 1. The van der Waals surface area contributed by atoms with Crippen LogP contribution in [0.2, 0.25) is 0 Å². The number of sulfonamides is 1. The highest BCUT2D eigenvalue weighted by Crippen LogP contribution is 2.24. The van der Waals surface area contributed by atoms with E-state index in [0.717, 1.165) is 36.1 Å². The first-order chi connectivity index (χ1) is 12.9. The number of hydrogen-bond acceptors (Lipinski definition) is 4. The smallest absolute Gasteiger partial charge is 0.251 e. The molecule has 1 aliphatic rings. The van der Waals surface area contributed by atoms with Crippen LogP contribution < -0.4 is 10.0 Å². The molecule has 144 valence electrons. The minimum absolute atomic E-state index is 0.0804. The highest BCUT2D eigenvalue weighted by molar-refractivity contribution is 7.89. The largest absolute Gasteiger partial charge is 0.380 e. The van der Waals surface area contributed by atoms with Gasteiger partial charge in [0.1, 0.15) is 10.7 Å². The first-order valence-corrected chi connectivity index (χ1v) is 10.0. The Morgan fingerprint density at radius 1 is 1.19 bits per heavy atom.